The van der Waals surface area contributed by atoms with E-state index in [0.717, 1.165) is 11.4 Å². The monoisotopic (exact) mass is 303 g/mol. The van der Waals surface area contributed by atoms with Crippen molar-refractivity contribution in [3.05, 3.63) is 47.3 Å². The lowest BCUT2D eigenvalue weighted by atomic mass is 10.2. The molecule has 2 rings (SSSR count). The molecule has 0 aliphatic carbocycles. The maximum absolute atomic E-state index is 12.0. The number of aliphatic hydroxyl groups is 1. The Kier molecular flexibility index (Phi) is 5.68. The lowest BCUT2D eigenvalue weighted by Crippen LogP contribution is -2.28. The van der Waals surface area contributed by atoms with E-state index < -0.39 is 0 Å². The molecule has 1 aromatic heterocycles. The second kappa shape index (κ2) is 7.72. The fraction of sp³-hybridized carbons (Fsp3) is 0.375. The third-order valence-electron chi connectivity index (χ3n) is 3.17. The van der Waals surface area contributed by atoms with Crippen molar-refractivity contribution < 1.29 is 14.6 Å². The molecule has 22 heavy (non-hydrogen) atoms. The van der Waals surface area contributed by atoms with E-state index in [1.165, 1.54) is 5.56 Å². The first-order chi connectivity index (χ1) is 10.6. The van der Waals surface area contributed by atoms with E-state index >= 15 is 0 Å². The Labute approximate surface area is 129 Å². The fourth-order valence-corrected chi connectivity index (χ4v) is 2.03. The Hall–Kier alpha value is -2.18. The molecule has 0 aliphatic rings. The molecule has 0 unspecified atom stereocenters. The van der Waals surface area contributed by atoms with E-state index in [0.29, 0.717) is 18.8 Å². The summed E-state index contributed by atoms with van der Waals surface area (Å²) in [7, 11) is 0. The molecule has 0 atom stereocenters. The minimum atomic E-state index is -0.235. The van der Waals surface area contributed by atoms with Crippen molar-refractivity contribution in [1.82, 2.24) is 15.1 Å². The van der Waals surface area contributed by atoms with Gasteiger partial charge in [0.1, 0.15) is 0 Å². The number of benzene rings is 1. The Morgan fingerprint density at radius 2 is 2.00 bits per heavy atom. The molecule has 0 saturated carbocycles. The largest absolute Gasteiger partial charge is 0.394 e. The molecule has 1 heterocycles. The smallest absolute Gasteiger partial charge is 0.271 e. The van der Waals surface area contributed by atoms with Crippen molar-refractivity contribution in [3.8, 4) is 5.69 Å². The first-order valence-corrected chi connectivity index (χ1v) is 7.22. The lowest BCUT2D eigenvalue weighted by molar-refractivity contribution is 0.0835. The maximum Gasteiger partial charge on any atom is 0.271 e. The number of nitrogens with zero attached hydrogens (tertiary/aromatic N) is 2. The van der Waals surface area contributed by atoms with Crippen molar-refractivity contribution in [2.75, 3.05) is 26.4 Å². The number of ether oxygens (including phenoxy) is 1. The third kappa shape index (κ3) is 4.16. The van der Waals surface area contributed by atoms with E-state index in [4.69, 9.17) is 9.84 Å². The number of carbonyl (C=O) groups excluding carboxylic acids is 1. The number of aryl methyl sites for hydroxylation is 2. The minimum absolute atomic E-state index is 0.0197. The zero-order valence-corrected chi connectivity index (χ0v) is 12.9. The second-order valence-corrected chi connectivity index (χ2v) is 5.01. The molecule has 0 fully saturated rings. The molecule has 0 radical (unpaired) electrons. The summed E-state index contributed by atoms with van der Waals surface area (Å²) in [4.78, 5) is 12.0. The Morgan fingerprint density at radius 1 is 1.27 bits per heavy atom. The summed E-state index contributed by atoms with van der Waals surface area (Å²) in [5, 5.41) is 15.7. The number of hydrogen-bond donors (Lipinski definition) is 2. The van der Waals surface area contributed by atoms with Gasteiger partial charge in [0.05, 0.1) is 25.5 Å². The first-order valence-electron chi connectivity index (χ1n) is 7.22. The zero-order valence-electron chi connectivity index (χ0n) is 12.9. The average molecular weight is 303 g/mol. The Bertz CT molecular complexity index is 620. The van der Waals surface area contributed by atoms with Gasteiger partial charge in [0.15, 0.2) is 5.69 Å². The highest BCUT2D eigenvalue weighted by atomic mass is 16.5. The Balaban J connectivity index is 1.99. The van der Waals surface area contributed by atoms with Crippen LogP contribution in [0.3, 0.4) is 0 Å². The molecule has 118 valence electrons. The van der Waals surface area contributed by atoms with Crippen LogP contribution in [0.4, 0.5) is 0 Å². The summed E-state index contributed by atoms with van der Waals surface area (Å²) < 4.78 is 6.83. The van der Waals surface area contributed by atoms with Crippen LogP contribution in [0.1, 0.15) is 21.7 Å². The molecule has 1 amide bonds. The van der Waals surface area contributed by atoms with Crippen LogP contribution < -0.4 is 5.32 Å². The highest BCUT2D eigenvalue weighted by Crippen LogP contribution is 2.13. The maximum atomic E-state index is 12.0. The number of rotatable bonds is 7. The van der Waals surface area contributed by atoms with Gasteiger partial charge < -0.3 is 15.2 Å². The van der Waals surface area contributed by atoms with Gasteiger partial charge in [-0.2, -0.15) is 5.10 Å². The van der Waals surface area contributed by atoms with Crippen molar-refractivity contribution in [2.24, 2.45) is 0 Å². The van der Waals surface area contributed by atoms with Gasteiger partial charge in [-0.1, -0.05) is 17.7 Å². The van der Waals surface area contributed by atoms with Gasteiger partial charge in [0.2, 0.25) is 0 Å². The highest BCUT2D eigenvalue weighted by molar-refractivity contribution is 5.92. The van der Waals surface area contributed by atoms with E-state index in [-0.39, 0.29) is 19.1 Å². The topological polar surface area (TPSA) is 76.4 Å². The van der Waals surface area contributed by atoms with Gasteiger partial charge in [-0.15, -0.1) is 0 Å². The van der Waals surface area contributed by atoms with E-state index in [2.05, 4.69) is 10.4 Å². The SMILES string of the molecule is Cc1ccc(-n2nc(C(=O)NCCOCCO)cc2C)cc1. The van der Waals surface area contributed by atoms with Gasteiger partial charge in [0.25, 0.3) is 5.91 Å². The molecular weight excluding hydrogens is 282 g/mol. The standard InChI is InChI=1S/C16H21N3O3/c1-12-3-5-14(6-4-12)19-13(2)11-15(18-19)16(21)17-7-9-22-10-8-20/h3-6,11,20H,7-10H2,1-2H3,(H,17,21). The predicted octanol–water partition coefficient (Wildman–Crippen LogP) is 1.23. The Morgan fingerprint density at radius 3 is 2.68 bits per heavy atom. The van der Waals surface area contributed by atoms with Crippen LogP contribution in [0.5, 0.6) is 0 Å². The molecule has 1 aromatic carbocycles. The zero-order chi connectivity index (χ0) is 15.9. The van der Waals surface area contributed by atoms with Gasteiger partial charge >= 0.3 is 0 Å². The quantitative estimate of drug-likeness (QED) is 0.754. The molecular formula is C16H21N3O3. The summed E-state index contributed by atoms with van der Waals surface area (Å²) in [6.45, 7) is 4.94. The molecule has 0 saturated heterocycles. The number of amides is 1. The van der Waals surface area contributed by atoms with E-state index in [1.54, 1.807) is 10.7 Å². The average Bonchev–Trinajstić information content (AvgIpc) is 2.90. The third-order valence-corrected chi connectivity index (χ3v) is 3.17. The van der Waals surface area contributed by atoms with E-state index in [9.17, 15) is 4.79 Å². The fourth-order valence-electron chi connectivity index (χ4n) is 2.03. The lowest BCUT2D eigenvalue weighted by Gasteiger charge is -2.05. The molecule has 2 aromatic rings. The van der Waals surface area contributed by atoms with Crippen LogP contribution in [0.25, 0.3) is 5.69 Å². The number of nitrogens with one attached hydrogen (secondary N) is 1. The molecule has 6 nitrogen and oxygen atoms in total. The van der Waals surface area contributed by atoms with Crippen LogP contribution in [-0.4, -0.2) is 47.2 Å². The van der Waals surface area contributed by atoms with Crippen LogP contribution in [0.2, 0.25) is 0 Å². The van der Waals surface area contributed by atoms with E-state index in [1.807, 2.05) is 38.1 Å². The summed E-state index contributed by atoms with van der Waals surface area (Å²) in [5.41, 5.74) is 3.37. The second-order valence-electron chi connectivity index (χ2n) is 5.01. The molecule has 0 bridgehead atoms. The molecule has 2 N–H and O–H groups in total. The number of aromatic nitrogens is 2. The summed E-state index contributed by atoms with van der Waals surface area (Å²) in [6.07, 6.45) is 0. The first kappa shape index (κ1) is 16.2. The van der Waals surface area contributed by atoms with Gasteiger partial charge in [0, 0.05) is 12.2 Å². The van der Waals surface area contributed by atoms with Crippen molar-refractivity contribution >= 4 is 5.91 Å². The van der Waals surface area contributed by atoms with Gasteiger partial charge in [-0.05, 0) is 32.0 Å². The number of hydrogen-bond acceptors (Lipinski definition) is 4. The summed E-state index contributed by atoms with van der Waals surface area (Å²) in [6, 6.07) is 9.71. The van der Waals surface area contributed by atoms with Gasteiger partial charge in [-0.3, -0.25) is 4.79 Å². The van der Waals surface area contributed by atoms with Crippen molar-refractivity contribution in [2.45, 2.75) is 13.8 Å². The van der Waals surface area contributed by atoms with Gasteiger partial charge in [-0.25, -0.2) is 4.68 Å². The predicted molar refractivity (Wildman–Crippen MR) is 83.3 cm³/mol. The summed E-state index contributed by atoms with van der Waals surface area (Å²) >= 11 is 0. The van der Waals surface area contributed by atoms with Crippen LogP contribution in [-0.2, 0) is 4.74 Å². The van der Waals surface area contributed by atoms with Crippen molar-refractivity contribution in [1.29, 1.82) is 0 Å². The van der Waals surface area contributed by atoms with Crippen LogP contribution in [0, 0.1) is 13.8 Å². The molecule has 0 spiro atoms. The highest BCUT2D eigenvalue weighted by Gasteiger charge is 2.12. The minimum Gasteiger partial charge on any atom is -0.394 e. The number of carbonyl (C=O) groups is 1. The molecule has 6 heteroatoms. The normalized spacial score (nSPS) is 10.7. The molecule has 0 aliphatic heterocycles. The van der Waals surface area contributed by atoms with Crippen molar-refractivity contribution in [3.63, 3.8) is 0 Å². The van der Waals surface area contributed by atoms with Crippen LogP contribution in [0.15, 0.2) is 30.3 Å². The number of aliphatic hydroxyl groups excluding tert-OH is 1. The summed E-state index contributed by atoms with van der Waals surface area (Å²) in [5.74, 6) is -0.235. The van der Waals surface area contributed by atoms with Crippen LogP contribution >= 0.6 is 0 Å².